The molecule has 0 fully saturated rings. The Balaban J connectivity index is 2.90. The quantitative estimate of drug-likeness (QED) is 0.684. The van der Waals surface area contributed by atoms with Gasteiger partial charge in [0.05, 0.1) is 12.1 Å². The van der Waals surface area contributed by atoms with E-state index in [9.17, 15) is 13.5 Å². The molecule has 0 aliphatic rings. The molecule has 0 aromatic heterocycles. The van der Waals surface area contributed by atoms with Crippen molar-refractivity contribution < 1.29 is 13.5 Å². The fourth-order valence-electron chi connectivity index (χ4n) is 1.56. The first-order valence-corrected chi connectivity index (χ1v) is 7.37. The second kappa shape index (κ2) is 6.29. The highest BCUT2D eigenvalue weighted by Gasteiger charge is 2.30. The lowest BCUT2D eigenvalue weighted by Crippen LogP contribution is -2.50. The maximum atomic E-state index is 11.8. The molecule has 0 radical (unpaired) electrons. The van der Waals surface area contributed by atoms with E-state index in [0.717, 1.165) is 5.56 Å². The zero-order valence-electron chi connectivity index (χ0n) is 10.7. The Morgan fingerprint density at radius 1 is 1.28 bits per heavy atom. The Morgan fingerprint density at radius 3 is 2.39 bits per heavy atom. The van der Waals surface area contributed by atoms with Gasteiger partial charge in [0.1, 0.15) is 0 Å². The SMILES string of the molecule is CCCNS(=O)(=O)NC(C)(CO)c1ccccc1. The minimum absolute atomic E-state index is 0.315. The first-order chi connectivity index (χ1) is 8.43. The molecule has 1 unspecified atom stereocenters. The molecule has 6 heteroatoms. The van der Waals surface area contributed by atoms with Crippen molar-refractivity contribution in [1.82, 2.24) is 9.44 Å². The Labute approximate surface area is 108 Å². The fourth-order valence-corrected chi connectivity index (χ4v) is 2.88. The molecule has 0 saturated heterocycles. The molecule has 0 saturated carbocycles. The summed E-state index contributed by atoms with van der Waals surface area (Å²) >= 11 is 0. The highest BCUT2D eigenvalue weighted by atomic mass is 32.2. The first-order valence-electron chi connectivity index (χ1n) is 5.88. The van der Waals surface area contributed by atoms with Gasteiger partial charge in [-0.25, -0.2) is 4.72 Å². The van der Waals surface area contributed by atoms with Crippen molar-refractivity contribution in [3.63, 3.8) is 0 Å². The van der Waals surface area contributed by atoms with E-state index in [0.29, 0.717) is 13.0 Å². The maximum absolute atomic E-state index is 11.8. The van der Waals surface area contributed by atoms with E-state index in [4.69, 9.17) is 0 Å². The number of nitrogens with one attached hydrogen (secondary N) is 2. The number of hydrogen-bond donors (Lipinski definition) is 3. The lowest BCUT2D eigenvalue weighted by molar-refractivity contribution is 0.195. The van der Waals surface area contributed by atoms with E-state index in [1.807, 2.05) is 13.0 Å². The van der Waals surface area contributed by atoms with Crippen molar-refractivity contribution in [2.24, 2.45) is 0 Å². The van der Waals surface area contributed by atoms with Crippen LogP contribution in [0.1, 0.15) is 25.8 Å². The number of benzene rings is 1. The van der Waals surface area contributed by atoms with E-state index < -0.39 is 15.7 Å². The van der Waals surface area contributed by atoms with Gasteiger partial charge in [0.15, 0.2) is 0 Å². The van der Waals surface area contributed by atoms with Gasteiger partial charge >= 0.3 is 0 Å². The number of rotatable bonds is 7. The van der Waals surface area contributed by atoms with Crippen molar-refractivity contribution in [2.75, 3.05) is 13.2 Å². The normalized spacial score (nSPS) is 15.3. The summed E-state index contributed by atoms with van der Waals surface area (Å²) in [6.07, 6.45) is 0.710. The smallest absolute Gasteiger partial charge is 0.277 e. The van der Waals surface area contributed by atoms with Crippen molar-refractivity contribution in [1.29, 1.82) is 0 Å². The Bertz CT molecular complexity index is 461. The summed E-state index contributed by atoms with van der Waals surface area (Å²) in [5, 5.41) is 9.47. The molecule has 1 aromatic carbocycles. The standard InChI is InChI=1S/C12H20N2O3S/c1-3-9-13-18(16,17)14-12(2,10-15)11-7-5-4-6-8-11/h4-8,13-15H,3,9-10H2,1-2H3. The molecule has 0 bridgehead atoms. The molecule has 102 valence electrons. The highest BCUT2D eigenvalue weighted by molar-refractivity contribution is 7.87. The van der Waals surface area contributed by atoms with Gasteiger partial charge in [-0.3, -0.25) is 0 Å². The molecule has 0 aliphatic carbocycles. The molecular formula is C12H20N2O3S. The van der Waals surface area contributed by atoms with Gasteiger partial charge in [0, 0.05) is 6.54 Å². The fraction of sp³-hybridized carbons (Fsp3) is 0.500. The van der Waals surface area contributed by atoms with Gasteiger partial charge in [-0.1, -0.05) is 37.3 Å². The summed E-state index contributed by atoms with van der Waals surface area (Å²) in [4.78, 5) is 0. The predicted molar refractivity (Wildman–Crippen MR) is 71.2 cm³/mol. The second-order valence-electron chi connectivity index (χ2n) is 4.36. The summed E-state index contributed by atoms with van der Waals surface area (Å²) in [6, 6.07) is 9.00. The Hall–Kier alpha value is -0.950. The van der Waals surface area contributed by atoms with Crippen LogP contribution in [0.3, 0.4) is 0 Å². The zero-order valence-corrected chi connectivity index (χ0v) is 11.5. The Morgan fingerprint density at radius 2 is 1.89 bits per heavy atom. The third kappa shape index (κ3) is 4.06. The largest absolute Gasteiger partial charge is 0.394 e. The molecule has 1 atom stereocenters. The third-order valence-electron chi connectivity index (χ3n) is 2.63. The van der Waals surface area contributed by atoms with E-state index in [-0.39, 0.29) is 6.61 Å². The summed E-state index contributed by atoms with van der Waals surface area (Å²) in [6.45, 7) is 3.58. The zero-order chi connectivity index (χ0) is 13.6. The van der Waals surface area contributed by atoms with Crippen LogP contribution >= 0.6 is 0 Å². The second-order valence-corrected chi connectivity index (χ2v) is 5.86. The molecule has 1 aromatic rings. The summed E-state index contributed by atoms with van der Waals surface area (Å²) in [5.41, 5.74) is -0.310. The topological polar surface area (TPSA) is 78.4 Å². The van der Waals surface area contributed by atoms with Crippen LogP contribution in [-0.2, 0) is 15.7 Å². The average Bonchev–Trinajstić information content (AvgIpc) is 2.37. The lowest BCUT2D eigenvalue weighted by Gasteiger charge is -2.28. The Kier molecular flexibility index (Phi) is 5.28. The summed E-state index contributed by atoms with van der Waals surface area (Å²) in [5.74, 6) is 0. The van der Waals surface area contributed by atoms with Crippen LogP contribution in [0, 0.1) is 0 Å². The molecule has 1 rings (SSSR count). The predicted octanol–water partition coefficient (Wildman–Crippen LogP) is 0.728. The minimum Gasteiger partial charge on any atom is -0.394 e. The highest BCUT2D eigenvalue weighted by Crippen LogP contribution is 2.20. The van der Waals surface area contributed by atoms with Crippen LogP contribution in [0.4, 0.5) is 0 Å². The van der Waals surface area contributed by atoms with Crippen LogP contribution in [0.25, 0.3) is 0 Å². The van der Waals surface area contributed by atoms with Gasteiger partial charge in [-0.15, -0.1) is 0 Å². The molecule has 0 aliphatic heterocycles. The van der Waals surface area contributed by atoms with Crippen LogP contribution < -0.4 is 9.44 Å². The third-order valence-corrected chi connectivity index (χ3v) is 3.93. The lowest BCUT2D eigenvalue weighted by atomic mass is 9.94. The molecular weight excluding hydrogens is 252 g/mol. The van der Waals surface area contributed by atoms with E-state index in [1.165, 1.54) is 0 Å². The van der Waals surface area contributed by atoms with Crippen LogP contribution in [-0.4, -0.2) is 26.7 Å². The molecule has 18 heavy (non-hydrogen) atoms. The van der Waals surface area contributed by atoms with Crippen LogP contribution in [0.5, 0.6) is 0 Å². The van der Waals surface area contributed by atoms with Crippen molar-refractivity contribution >= 4 is 10.2 Å². The maximum Gasteiger partial charge on any atom is 0.277 e. The van der Waals surface area contributed by atoms with Gasteiger partial charge in [-0.05, 0) is 18.9 Å². The number of aliphatic hydroxyl groups is 1. The van der Waals surface area contributed by atoms with Gasteiger partial charge in [0.25, 0.3) is 10.2 Å². The number of aliphatic hydroxyl groups excluding tert-OH is 1. The van der Waals surface area contributed by atoms with Crippen molar-refractivity contribution in [3.8, 4) is 0 Å². The molecule has 3 N–H and O–H groups in total. The molecule has 0 amide bonds. The first kappa shape index (κ1) is 15.1. The summed E-state index contributed by atoms with van der Waals surface area (Å²) < 4.78 is 28.5. The molecule has 0 spiro atoms. The van der Waals surface area contributed by atoms with Crippen LogP contribution in [0.2, 0.25) is 0 Å². The van der Waals surface area contributed by atoms with E-state index >= 15 is 0 Å². The monoisotopic (exact) mass is 272 g/mol. The molecule has 5 nitrogen and oxygen atoms in total. The van der Waals surface area contributed by atoms with Gasteiger partial charge in [0.2, 0.25) is 0 Å². The average molecular weight is 272 g/mol. The van der Waals surface area contributed by atoms with Gasteiger partial charge < -0.3 is 5.11 Å². The van der Waals surface area contributed by atoms with E-state index in [2.05, 4.69) is 9.44 Å². The molecule has 0 heterocycles. The van der Waals surface area contributed by atoms with Crippen molar-refractivity contribution in [2.45, 2.75) is 25.8 Å². The van der Waals surface area contributed by atoms with Crippen molar-refractivity contribution in [3.05, 3.63) is 35.9 Å². The van der Waals surface area contributed by atoms with E-state index in [1.54, 1.807) is 31.2 Å². The van der Waals surface area contributed by atoms with Gasteiger partial charge in [-0.2, -0.15) is 13.1 Å². The minimum atomic E-state index is -3.62. The number of hydrogen-bond acceptors (Lipinski definition) is 3. The van der Waals surface area contributed by atoms with Crippen LogP contribution in [0.15, 0.2) is 30.3 Å². The summed E-state index contributed by atoms with van der Waals surface area (Å²) in [7, 11) is -3.62.